The Morgan fingerprint density at radius 3 is 2.52 bits per heavy atom. The maximum absolute atomic E-state index is 12.8. The Hall–Kier alpha value is -0.780. The highest BCUT2D eigenvalue weighted by Crippen LogP contribution is 2.38. The first kappa shape index (κ1) is 16.6. The van der Waals surface area contributed by atoms with Gasteiger partial charge in [-0.1, -0.05) is 13.3 Å². The Morgan fingerprint density at radius 2 is 1.95 bits per heavy atom. The third-order valence-electron chi connectivity index (χ3n) is 5.19. The Bertz CT molecular complexity index is 364. The van der Waals surface area contributed by atoms with E-state index in [0.717, 1.165) is 32.4 Å². The third kappa shape index (κ3) is 3.90. The first-order valence-electron chi connectivity index (χ1n) is 7.96. The van der Waals surface area contributed by atoms with E-state index in [2.05, 4.69) is 10.6 Å². The lowest BCUT2D eigenvalue weighted by molar-refractivity contribution is -0.184. The Balaban J connectivity index is 1.95. The average molecular weight is 306 g/mol. The molecule has 2 unspecified atom stereocenters. The van der Waals surface area contributed by atoms with Gasteiger partial charge in [-0.2, -0.15) is 13.2 Å². The molecule has 2 rings (SSSR count). The highest BCUT2D eigenvalue weighted by molar-refractivity contribution is 5.83. The van der Waals surface area contributed by atoms with Gasteiger partial charge in [-0.05, 0) is 51.6 Å². The summed E-state index contributed by atoms with van der Waals surface area (Å²) >= 11 is 0. The summed E-state index contributed by atoms with van der Waals surface area (Å²) in [4.78, 5) is 12.6. The zero-order valence-electron chi connectivity index (χ0n) is 12.6. The number of nitrogens with one attached hydrogen (secondary N) is 2. The van der Waals surface area contributed by atoms with Crippen molar-refractivity contribution in [3.05, 3.63) is 0 Å². The summed E-state index contributed by atoms with van der Waals surface area (Å²) in [5.41, 5.74) is -0.392. The van der Waals surface area contributed by atoms with Crippen molar-refractivity contribution in [1.82, 2.24) is 10.6 Å². The van der Waals surface area contributed by atoms with Crippen LogP contribution in [0.25, 0.3) is 0 Å². The number of alkyl halides is 3. The van der Waals surface area contributed by atoms with Crippen LogP contribution in [0.1, 0.15) is 51.9 Å². The third-order valence-corrected chi connectivity index (χ3v) is 5.19. The highest BCUT2D eigenvalue weighted by atomic mass is 19.4. The molecule has 2 N–H and O–H groups in total. The maximum Gasteiger partial charge on any atom is 0.391 e. The van der Waals surface area contributed by atoms with Gasteiger partial charge in [0.25, 0.3) is 0 Å². The zero-order chi connectivity index (χ0) is 15.5. The van der Waals surface area contributed by atoms with Crippen LogP contribution in [0.2, 0.25) is 0 Å². The first-order valence-corrected chi connectivity index (χ1v) is 7.96. The van der Waals surface area contributed by atoms with Crippen LogP contribution in [0.5, 0.6) is 0 Å². The van der Waals surface area contributed by atoms with E-state index in [9.17, 15) is 18.0 Å². The molecule has 2 atom stereocenters. The van der Waals surface area contributed by atoms with Crippen LogP contribution in [0.4, 0.5) is 13.2 Å². The number of rotatable bonds is 3. The second kappa shape index (κ2) is 6.55. The SMILES string of the molecule is CCC1(C(=O)NC2CCCC(C(F)(F)F)C2)CCNCC1. The van der Waals surface area contributed by atoms with Crippen molar-refractivity contribution in [1.29, 1.82) is 0 Å². The lowest BCUT2D eigenvalue weighted by Crippen LogP contribution is -2.51. The molecule has 2 aliphatic rings. The lowest BCUT2D eigenvalue weighted by Gasteiger charge is -2.38. The molecule has 1 aliphatic carbocycles. The van der Waals surface area contributed by atoms with Crippen molar-refractivity contribution in [2.24, 2.45) is 11.3 Å². The standard InChI is InChI=1S/C15H25F3N2O/c1-2-14(6-8-19-9-7-14)13(21)20-12-5-3-4-11(10-12)15(16,17)18/h11-12,19H,2-10H2,1H3,(H,20,21). The molecule has 1 aliphatic heterocycles. The van der Waals surface area contributed by atoms with Gasteiger partial charge in [-0.25, -0.2) is 0 Å². The number of piperidine rings is 1. The Morgan fingerprint density at radius 1 is 1.29 bits per heavy atom. The molecule has 0 aromatic heterocycles. The summed E-state index contributed by atoms with van der Waals surface area (Å²) in [6.07, 6.45) is -0.426. The van der Waals surface area contributed by atoms with Crippen molar-refractivity contribution in [3.8, 4) is 0 Å². The van der Waals surface area contributed by atoms with Crippen molar-refractivity contribution in [2.75, 3.05) is 13.1 Å². The van der Waals surface area contributed by atoms with Crippen LogP contribution in [-0.2, 0) is 4.79 Å². The molecule has 1 saturated heterocycles. The van der Waals surface area contributed by atoms with E-state index in [1.165, 1.54) is 0 Å². The van der Waals surface area contributed by atoms with Gasteiger partial charge >= 0.3 is 6.18 Å². The molecule has 0 radical (unpaired) electrons. The predicted molar refractivity (Wildman–Crippen MR) is 74.8 cm³/mol. The average Bonchev–Trinajstić information content (AvgIpc) is 2.47. The van der Waals surface area contributed by atoms with Gasteiger partial charge in [0, 0.05) is 6.04 Å². The molecule has 1 heterocycles. The molecular weight excluding hydrogens is 281 g/mol. The van der Waals surface area contributed by atoms with Crippen LogP contribution in [0, 0.1) is 11.3 Å². The molecule has 0 spiro atoms. The topological polar surface area (TPSA) is 41.1 Å². The number of carbonyl (C=O) groups is 1. The van der Waals surface area contributed by atoms with Gasteiger partial charge in [0.05, 0.1) is 11.3 Å². The number of halogens is 3. The van der Waals surface area contributed by atoms with Gasteiger partial charge in [0.15, 0.2) is 0 Å². The van der Waals surface area contributed by atoms with Crippen LogP contribution in [-0.4, -0.2) is 31.2 Å². The minimum Gasteiger partial charge on any atom is -0.353 e. The van der Waals surface area contributed by atoms with Crippen LogP contribution < -0.4 is 10.6 Å². The van der Waals surface area contributed by atoms with E-state index >= 15 is 0 Å². The van der Waals surface area contributed by atoms with Gasteiger partial charge < -0.3 is 10.6 Å². The molecule has 1 amide bonds. The molecule has 21 heavy (non-hydrogen) atoms. The lowest BCUT2D eigenvalue weighted by atomic mass is 9.75. The summed E-state index contributed by atoms with van der Waals surface area (Å²) in [6.45, 7) is 3.60. The number of amides is 1. The monoisotopic (exact) mass is 306 g/mol. The summed E-state index contributed by atoms with van der Waals surface area (Å²) in [7, 11) is 0. The minimum atomic E-state index is -4.14. The number of carbonyl (C=O) groups excluding carboxylic acids is 1. The molecule has 122 valence electrons. The summed E-state index contributed by atoms with van der Waals surface area (Å²) in [5.74, 6) is -1.30. The predicted octanol–water partition coefficient (Wildman–Crippen LogP) is 3.00. The fourth-order valence-electron chi connectivity index (χ4n) is 3.60. The second-order valence-electron chi connectivity index (χ2n) is 6.46. The van der Waals surface area contributed by atoms with Crippen molar-refractivity contribution >= 4 is 5.91 Å². The maximum atomic E-state index is 12.8. The van der Waals surface area contributed by atoms with Crippen LogP contribution in [0.3, 0.4) is 0 Å². The molecule has 0 aromatic carbocycles. The van der Waals surface area contributed by atoms with Crippen molar-refractivity contribution in [2.45, 2.75) is 64.1 Å². The van der Waals surface area contributed by atoms with E-state index in [1.807, 2.05) is 6.92 Å². The van der Waals surface area contributed by atoms with Crippen LogP contribution >= 0.6 is 0 Å². The molecule has 3 nitrogen and oxygen atoms in total. The molecule has 6 heteroatoms. The van der Waals surface area contributed by atoms with Gasteiger partial charge in [0.1, 0.15) is 0 Å². The van der Waals surface area contributed by atoms with E-state index in [4.69, 9.17) is 0 Å². The van der Waals surface area contributed by atoms with E-state index in [-0.39, 0.29) is 24.8 Å². The fraction of sp³-hybridized carbons (Fsp3) is 0.933. The molecule has 1 saturated carbocycles. The van der Waals surface area contributed by atoms with E-state index in [0.29, 0.717) is 12.8 Å². The van der Waals surface area contributed by atoms with Crippen molar-refractivity contribution in [3.63, 3.8) is 0 Å². The normalized spacial score (nSPS) is 29.9. The molecule has 0 aromatic rings. The first-order chi connectivity index (χ1) is 9.87. The number of hydrogen-bond donors (Lipinski definition) is 2. The highest BCUT2D eigenvalue weighted by Gasteiger charge is 2.44. The van der Waals surface area contributed by atoms with Gasteiger partial charge in [-0.15, -0.1) is 0 Å². The minimum absolute atomic E-state index is 0.0350. The van der Waals surface area contributed by atoms with E-state index in [1.54, 1.807) is 0 Å². The second-order valence-corrected chi connectivity index (χ2v) is 6.46. The summed E-state index contributed by atoms with van der Waals surface area (Å²) < 4.78 is 38.5. The Labute approximate surface area is 124 Å². The fourth-order valence-corrected chi connectivity index (χ4v) is 3.60. The molecular formula is C15H25F3N2O. The van der Waals surface area contributed by atoms with Gasteiger partial charge in [-0.3, -0.25) is 4.79 Å². The smallest absolute Gasteiger partial charge is 0.353 e. The van der Waals surface area contributed by atoms with Gasteiger partial charge in [0.2, 0.25) is 5.91 Å². The van der Waals surface area contributed by atoms with E-state index < -0.39 is 17.5 Å². The summed E-state index contributed by atoms with van der Waals surface area (Å²) in [6, 6.07) is -0.323. The molecule has 2 fully saturated rings. The zero-order valence-corrected chi connectivity index (χ0v) is 12.6. The largest absolute Gasteiger partial charge is 0.391 e. The quantitative estimate of drug-likeness (QED) is 0.841. The number of hydrogen-bond acceptors (Lipinski definition) is 2. The van der Waals surface area contributed by atoms with Crippen molar-refractivity contribution < 1.29 is 18.0 Å². The summed E-state index contributed by atoms with van der Waals surface area (Å²) in [5, 5.41) is 6.15. The molecule has 0 bridgehead atoms. The van der Waals surface area contributed by atoms with Crippen LogP contribution in [0.15, 0.2) is 0 Å². The Kier molecular flexibility index (Phi) is 5.17.